The van der Waals surface area contributed by atoms with Gasteiger partial charge in [0.1, 0.15) is 0 Å². The summed E-state index contributed by atoms with van der Waals surface area (Å²) in [6.45, 7) is 4.65. The lowest BCUT2D eigenvalue weighted by Crippen LogP contribution is -2.35. The van der Waals surface area contributed by atoms with E-state index >= 15 is 0 Å². The van der Waals surface area contributed by atoms with Crippen molar-refractivity contribution in [2.24, 2.45) is 5.92 Å². The molecule has 3 atom stereocenters. The van der Waals surface area contributed by atoms with Gasteiger partial charge < -0.3 is 5.32 Å². The molecule has 0 aromatic carbocycles. The molecule has 1 heterocycles. The number of hydrogen-bond donors (Lipinski definition) is 1. The Labute approximate surface area is 111 Å². The molecule has 2 rings (SSSR count). The van der Waals surface area contributed by atoms with Crippen LogP contribution in [0.5, 0.6) is 0 Å². The molecule has 0 radical (unpaired) electrons. The third-order valence-electron chi connectivity index (χ3n) is 3.44. The first-order valence-electron chi connectivity index (χ1n) is 6.15. The predicted molar refractivity (Wildman–Crippen MR) is 75.0 cm³/mol. The van der Waals surface area contributed by atoms with Gasteiger partial charge in [0.15, 0.2) is 0 Å². The fourth-order valence-electron chi connectivity index (χ4n) is 2.58. The zero-order valence-corrected chi connectivity index (χ0v) is 12.4. The molecule has 3 heteroatoms. The first kappa shape index (κ1) is 12.6. The summed E-state index contributed by atoms with van der Waals surface area (Å²) < 4.78 is 1.21. The van der Waals surface area contributed by atoms with Gasteiger partial charge in [-0.2, -0.15) is 0 Å². The molecule has 0 saturated heterocycles. The first-order valence-corrected chi connectivity index (χ1v) is 7.82. The Morgan fingerprint density at radius 2 is 2.31 bits per heavy atom. The minimum atomic E-state index is 0.492. The number of hydrogen-bond acceptors (Lipinski definition) is 2. The van der Waals surface area contributed by atoms with E-state index in [2.05, 4.69) is 46.5 Å². The Morgan fingerprint density at radius 1 is 1.50 bits per heavy atom. The van der Waals surface area contributed by atoms with Crippen LogP contribution in [0.1, 0.15) is 50.4 Å². The van der Waals surface area contributed by atoms with Gasteiger partial charge >= 0.3 is 0 Å². The highest BCUT2D eigenvalue weighted by Gasteiger charge is 2.20. The van der Waals surface area contributed by atoms with Crippen molar-refractivity contribution in [1.29, 1.82) is 0 Å². The molecule has 0 amide bonds. The second-order valence-electron chi connectivity index (χ2n) is 5.02. The van der Waals surface area contributed by atoms with Crippen LogP contribution in [-0.2, 0) is 0 Å². The number of halogens is 1. The summed E-state index contributed by atoms with van der Waals surface area (Å²) in [7, 11) is 0. The fourth-order valence-corrected chi connectivity index (χ4v) is 4.04. The highest BCUT2D eigenvalue weighted by molar-refractivity contribution is 9.10. The maximum atomic E-state index is 3.77. The zero-order valence-electron chi connectivity index (χ0n) is 10.0. The van der Waals surface area contributed by atoms with Crippen LogP contribution < -0.4 is 5.32 Å². The van der Waals surface area contributed by atoms with E-state index in [-0.39, 0.29) is 0 Å². The van der Waals surface area contributed by atoms with Crippen molar-refractivity contribution >= 4 is 27.3 Å². The Kier molecular flexibility index (Phi) is 4.45. The van der Waals surface area contributed by atoms with E-state index in [0.717, 1.165) is 12.0 Å². The van der Waals surface area contributed by atoms with Crippen molar-refractivity contribution in [3.05, 3.63) is 20.8 Å². The van der Waals surface area contributed by atoms with Crippen LogP contribution >= 0.6 is 27.3 Å². The average Bonchev–Trinajstić information content (AvgIpc) is 2.65. The molecule has 3 unspecified atom stereocenters. The van der Waals surface area contributed by atoms with Crippen LogP contribution in [-0.4, -0.2) is 6.04 Å². The topological polar surface area (TPSA) is 12.0 Å². The summed E-state index contributed by atoms with van der Waals surface area (Å²) in [4.78, 5) is 1.44. The van der Waals surface area contributed by atoms with Crippen molar-refractivity contribution in [2.75, 3.05) is 0 Å². The lowest BCUT2D eigenvalue weighted by atomic mass is 9.87. The monoisotopic (exact) mass is 301 g/mol. The molecule has 1 aliphatic carbocycles. The van der Waals surface area contributed by atoms with Crippen molar-refractivity contribution in [2.45, 2.75) is 51.6 Å². The third kappa shape index (κ3) is 3.31. The standard InChI is InChI=1S/C13H20BrNS/c1-9-4-3-5-12(6-9)15-10(2)13-7-11(14)8-16-13/h7-10,12,15H,3-6H2,1-2H3. The molecule has 1 fully saturated rings. The summed E-state index contributed by atoms with van der Waals surface area (Å²) in [5.74, 6) is 0.897. The van der Waals surface area contributed by atoms with Crippen LogP contribution in [0.3, 0.4) is 0 Å². The molecule has 1 nitrogen and oxygen atoms in total. The zero-order chi connectivity index (χ0) is 11.5. The van der Waals surface area contributed by atoms with Crippen molar-refractivity contribution in [3.63, 3.8) is 0 Å². The van der Waals surface area contributed by atoms with Crippen molar-refractivity contribution in [1.82, 2.24) is 5.32 Å². The third-order valence-corrected chi connectivity index (χ3v) is 5.31. The number of thiophene rings is 1. The highest BCUT2D eigenvalue weighted by Crippen LogP contribution is 2.29. The molecule has 1 saturated carbocycles. The predicted octanol–water partition coefficient (Wildman–Crippen LogP) is 4.74. The van der Waals surface area contributed by atoms with E-state index in [4.69, 9.17) is 0 Å². The van der Waals surface area contributed by atoms with Crippen LogP contribution in [0.25, 0.3) is 0 Å². The normalized spacial score (nSPS) is 27.9. The lowest BCUT2D eigenvalue weighted by Gasteiger charge is -2.29. The molecule has 90 valence electrons. The van der Waals surface area contributed by atoms with Crippen molar-refractivity contribution < 1.29 is 0 Å². The number of nitrogens with one attached hydrogen (secondary N) is 1. The van der Waals surface area contributed by atoms with E-state index < -0.39 is 0 Å². The molecular weight excluding hydrogens is 282 g/mol. The molecular formula is C13H20BrNS. The smallest absolute Gasteiger partial charge is 0.0388 e. The summed E-state index contributed by atoms with van der Waals surface area (Å²) in [5, 5.41) is 5.93. The Balaban J connectivity index is 1.89. The van der Waals surface area contributed by atoms with Gasteiger partial charge in [-0.15, -0.1) is 11.3 Å². The summed E-state index contributed by atoms with van der Waals surface area (Å²) in [5.41, 5.74) is 0. The van der Waals surface area contributed by atoms with Gasteiger partial charge in [0.25, 0.3) is 0 Å². The molecule has 0 spiro atoms. The number of rotatable bonds is 3. The van der Waals surface area contributed by atoms with E-state index in [9.17, 15) is 0 Å². The molecule has 1 N–H and O–H groups in total. The van der Waals surface area contributed by atoms with Gasteiger partial charge in [0.2, 0.25) is 0 Å². The fraction of sp³-hybridized carbons (Fsp3) is 0.692. The Hall–Kier alpha value is 0.140. The average molecular weight is 302 g/mol. The van der Waals surface area contributed by atoms with Gasteiger partial charge in [0.05, 0.1) is 0 Å². The molecule has 1 aromatic heterocycles. The first-order chi connectivity index (χ1) is 7.65. The minimum absolute atomic E-state index is 0.492. The van der Waals surface area contributed by atoms with Crippen molar-refractivity contribution in [3.8, 4) is 0 Å². The van der Waals surface area contributed by atoms with Gasteiger partial charge in [-0.05, 0) is 47.7 Å². The van der Waals surface area contributed by atoms with E-state index in [1.54, 1.807) is 0 Å². The van der Waals surface area contributed by atoms with Crippen LogP contribution in [0, 0.1) is 5.92 Å². The van der Waals surface area contributed by atoms with Crippen LogP contribution in [0.2, 0.25) is 0 Å². The van der Waals surface area contributed by atoms with E-state index in [1.165, 1.54) is 35.0 Å². The Bertz CT molecular complexity index is 336. The molecule has 16 heavy (non-hydrogen) atoms. The second kappa shape index (κ2) is 5.65. The second-order valence-corrected chi connectivity index (χ2v) is 6.88. The summed E-state index contributed by atoms with van der Waals surface area (Å²) in [6.07, 6.45) is 5.49. The minimum Gasteiger partial charge on any atom is -0.307 e. The highest BCUT2D eigenvalue weighted by atomic mass is 79.9. The maximum Gasteiger partial charge on any atom is 0.0388 e. The van der Waals surface area contributed by atoms with Crippen LogP contribution in [0.4, 0.5) is 0 Å². The van der Waals surface area contributed by atoms with Gasteiger partial charge in [0, 0.05) is 26.8 Å². The van der Waals surface area contributed by atoms with E-state index in [1.807, 2.05) is 11.3 Å². The molecule has 0 bridgehead atoms. The maximum absolute atomic E-state index is 3.77. The molecule has 0 aliphatic heterocycles. The quantitative estimate of drug-likeness (QED) is 0.850. The van der Waals surface area contributed by atoms with Crippen LogP contribution in [0.15, 0.2) is 15.9 Å². The summed E-state index contributed by atoms with van der Waals surface area (Å²) in [6, 6.07) is 3.44. The molecule has 1 aliphatic rings. The largest absolute Gasteiger partial charge is 0.307 e. The summed E-state index contributed by atoms with van der Waals surface area (Å²) >= 11 is 5.36. The SMILES string of the molecule is CC1CCCC(NC(C)c2cc(Br)cs2)C1. The Morgan fingerprint density at radius 3 is 2.94 bits per heavy atom. The molecule has 1 aromatic rings. The van der Waals surface area contributed by atoms with Gasteiger partial charge in [-0.3, -0.25) is 0 Å². The van der Waals surface area contributed by atoms with Gasteiger partial charge in [-0.25, -0.2) is 0 Å². The lowest BCUT2D eigenvalue weighted by molar-refractivity contribution is 0.286. The van der Waals surface area contributed by atoms with E-state index in [0.29, 0.717) is 6.04 Å². The van der Waals surface area contributed by atoms with Gasteiger partial charge in [-0.1, -0.05) is 19.8 Å².